The second-order valence-electron chi connectivity index (χ2n) is 7.35. The molecule has 0 spiro atoms. The first-order valence-electron chi connectivity index (χ1n) is 10.3. The summed E-state index contributed by atoms with van der Waals surface area (Å²) in [7, 11) is 0. The first-order chi connectivity index (χ1) is 16.3. The number of carbonyl (C=O) groups excluding carboxylic acids is 2. The monoisotopic (exact) mass is 477 g/mol. The van der Waals surface area contributed by atoms with Gasteiger partial charge in [-0.3, -0.25) is 29.9 Å². The average molecular weight is 477 g/mol. The molecule has 2 heterocycles. The van der Waals surface area contributed by atoms with E-state index in [0.717, 1.165) is 5.56 Å². The van der Waals surface area contributed by atoms with E-state index in [4.69, 9.17) is 21.4 Å². The molecule has 10 heteroatoms. The van der Waals surface area contributed by atoms with Crippen LogP contribution in [-0.4, -0.2) is 28.5 Å². The van der Waals surface area contributed by atoms with Gasteiger partial charge in [-0.1, -0.05) is 12.1 Å². The van der Waals surface area contributed by atoms with Crippen LogP contribution in [0.4, 0.5) is 11.4 Å². The van der Waals surface area contributed by atoms with Crippen molar-refractivity contribution in [2.75, 3.05) is 11.5 Å². The largest absolute Gasteiger partial charge is 0.494 e. The zero-order valence-electron chi connectivity index (χ0n) is 18.2. The molecule has 1 aliphatic heterocycles. The Labute approximate surface area is 199 Å². The van der Waals surface area contributed by atoms with Gasteiger partial charge in [-0.25, -0.2) is 0 Å². The topological polar surface area (TPSA) is 115 Å². The van der Waals surface area contributed by atoms with Gasteiger partial charge in [0.05, 0.1) is 17.2 Å². The molecular weight excluding hydrogens is 458 g/mol. The normalized spacial score (nSPS) is 14.9. The highest BCUT2D eigenvalue weighted by molar-refractivity contribution is 7.80. The number of benzene rings is 2. The summed E-state index contributed by atoms with van der Waals surface area (Å²) in [6, 6.07) is 14.4. The van der Waals surface area contributed by atoms with Gasteiger partial charge >= 0.3 is 0 Å². The van der Waals surface area contributed by atoms with Crippen LogP contribution in [0.5, 0.6) is 5.75 Å². The van der Waals surface area contributed by atoms with Crippen LogP contribution in [0.2, 0.25) is 0 Å². The molecule has 0 atom stereocenters. The van der Waals surface area contributed by atoms with Crippen LogP contribution in [0.1, 0.15) is 18.2 Å². The van der Waals surface area contributed by atoms with E-state index < -0.39 is 16.7 Å². The molecule has 0 saturated carbocycles. The van der Waals surface area contributed by atoms with E-state index in [1.807, 2.05) is 6.92 Å². The molecule has 1 saturated heterocycles. The molecule has 3 aromatic rings. The SMILES string of the molecule is CCOc1cccc(N2C(=O)/C(=C\c3ccc(-c4cc([N+](=O)[O-])ccc4C)o3)C(=O)NC2=S)c1. The van der Waals surface area contributed by atoms with Gasteiger partial charge in [0.2, 0.25) is 0 Å². The zero-order chi connectivity index (χ0) is 24.4. The van der Waals surface area contributed by atoms with Crippen molar-refractivity contribution in [3.8, 4) is 17.1 Å². The lowest BCUT2D eigenvalue weighted by molar-refractivity contribution is -0.384. The molecule has 2 aromatic carbocycles. The number of non-ortho nitro benzene ring substituents is 1. The summed E-state index contributed by atoms with van der Waals surface area (Å²) in [6.45, 7) is 4.10. The summed E-state index contributed by atoms with van der Waals surface area (Å²) in [5.74, 6) is -0.117. The Morgan fingerprint density at radius 3 is 2.71 bits per heavy atom. The van der Waals surface area contributed by atoms with Crippen LogP contribution in [0, 0.1) is 17.0 Å². The maximum Gasteiger partial charge on any atom is 0.270 e. The molecule has 0 aliphatic carbocycles. The molecule has 2 amide bonds. The number of nitrogens with zero attached hydrogens (tertiary/aromatic N) is 2. The van der Waals surface area contributed by atoms with Crippen molar-refractivity contribution in [3.05, 3.63) is 81.6 Å². The molecule has 0 bridgehead atoms. The Balaban J connectivity index is 1.68. The first-order valence-corrected chi connectivity index (χ1v) is 10.7. The van der Waals surface area contributed by atoms with Crippen molar-refractivity contribution in [1.82, 2.24) is 5.32 Å². The van der Waals surface area contributed by atoms with Gasteiger partial charge in [0, 0.05) is 23.8 Å². The Bertz CT molecular complexity index is 1360. The Morgan fingerprint density at radius 2 is 1.97 bits per heavy atom. The number of carbonyl (C=O) groups is 2. The Kier molecular flexibility index (Phi) is 6.24. The number of anilines is 1. The highest BCUT2D eigenvalue weighted by Gasteiger charge is 2.35. The number of ether oxygens (including phenoxy) is 1. The minimum absolute atomic E-state index is 0.0480. The lowest BCUT2D eigenvalue weighted by atomic mass is 10.1. The van der Waals surface area contributed by atoms with Crippen LogP contribution < -0.4 is 15.0 Å². The molecule has 172 valence electrons. The number of rotatable bonds is 6. The molecule has 0 unspecified atom stereocenters. The fourth-order valence-corrected chi connectivity index (χ4v) is 3.76. The maximum absolute atomic E-state index is 13.2. The lowest BCUT2D eigenvalue weighted by Gasteiger charge is -2.29. The van der Waals surface area contributed by atoms with E-state index >= 15 is 0 Å². The summed E-state index contributed by atoms with van der Waals surface area (Å²) in [5.41, 5.74) is 1.51. The van der Waals surface area contributed by atoms with Crippen LogP contribution in [0.25, 0.3) is 17.4 Å². The van der Waals surface area contributed by atoms with E-state index in [9.17, 15) is 19.7 Å². The van der Waals surface area contributed by atoms with E-state index in [0.29, 0.717) is 29.4 Å². The number of hydrogen-bond donors (Lipinski definition) is 1. The minimum atomic E-state index is -0.656. The van der Waals surface area contributed by atoms with Crippen molar-refractivity contribution in [2.24, 2.45) is 0 Å². The van der Waals surface area contributed by atoms with Crippen molar-refractivity contribution >= 4 is 46.6 Å². The van der Waals surface area contributed by atoms with Gasteiger partial charge < -0.3 is 9.15 Å². The first kappa shape index (κ1) is 22.9. The third-order valence-electron chi connectivity index (χ3n) is 5.10. The molecule has 9 nitrogen and oxygen atoms in total. The standard InChI is InChI=1S/C24H19N3O6S/c1-3-32-17-6-4-5-15(11-17)26-23(29)20(22(28)25-24(26)34)13-18-9-10-21(33-18)19-12-16(27(30)31)8-7-14(19)2/h4-13H,3H2,1-2H3,(H,25,28,34)/b20-13-. The van der Waals surface area contributed by atoms with Crippen molar-refractivity contribution < 1.29 is 23.7 Å². The van der Waals surface area contributed by atoms with Gasteiger partial charge in [0.1, 0.15) is 22.8 Å². The highest BCUT2D eigenvalue weighted by atomic mass is 32.1. The van der Waals surface area contributed by atoms with Gasteiger partial charge in [-0.15, -0.1) is 0 Å². The fourth-order valence-electron chi connectivity index (χ4n) is 3.48. The maximum atomic E-state index is 13.2. The van der Waals surface area contributed by atoms with E-state index in [1.165, 1.54) is 23.1 Å². The Morgan fingerprint density at radius 1 is 1.18 bits per heavy atom. The number of amides is 2. The Hall–Kier alpha value is -4.31. The third kappa shape index (κ3) is 4.44. The van der Waals surface area contributed by atoms with E-state index in [1.54, 1.807) is 49.4 Å². The van der Waals surface area contributed by atoms with E-state index in [2.05, 4.69) is 5.32 Å². The molecule has 34 heavy (non-hydrogen) atoms. The van der Waals surface area contributed by atoms with Crippen molar-refractivity contribution in [2.45, 2.75) is 13.8 Å². The highest BCUT2D eigenvalue weighted by Crippen LogP contribution is 2.31. The summed E-state index contributed by atoms with van der Waals surface area (Å²) in [6.07, 6.45) is 1.31. The van der Waals surface area contributed by atoms with E-state index in [-0.39, 0.29) is 22.1 Å². The molecule has 1 fully saturated rings. The van der Waals surface area contributed by atoms with Crippen LogP contribution >= 0.6 is 12.2 Å². The number of nitro groups is 1. The number of nitrogens with one attached hydrogen (secondary N) is 1. The predicted molar refractivity (Wildman–Crippen MR) is 129 cm³/mol. The summed E-state index contributed by atoms with van der Waals surface area (Å²) in [4.78, 5) is 37.6. The van der Waals surface area contributed by atoms with Gasteiger partial charge in [0.15, 0.2) is 5.11 Å². The average Bonchev–Trinajstić information content (AvgIpc) is 3.25. The fraction of sp³-hybridized carbons (Fsp3) is 0.125. The molecular formula is C24H19N3O6S. The molecule has 1 N–H and O–H groups in total. The number of hydrogen-bond acceptors (Lipinski definition) is 7. The van der Waals surface area contributed by atoms with Crippen LogP contribution in [0.3, 0.4) is 0 Å². The summed E-state index contributed by atoms with van der Waals surface area (Å²) < 4.78 is 11.3. The molecule has 0 radical (unpaired) electrons. The third-order valence-corrected chi connectivity index (χ3v) is 5.38. The van der Waals surface area contributed by atoms with Crippen molar-refractivity contribution in [1.29, 1.82) is 0 Å². The van der Waals surface area contributed by atoms with Gasteiger partial charge in [-0.2, -0.15) is 0 Å². The van der Waals surface area contributed by atoms with Crippen LogP contribution in [0.15, 0.2) is 64.6 Å². The molecule has 1 aliphatic rings. The second kappa shape index (κ2) is 9.28. The predicted octanol–water partition coefficient (Wildman–Crippen LogP) is 4.39. The number of furan rings is 1. The number of aryl methyl sites for hydroxylation is 1. The lowest BCUT2D eigenvalue weighted by Crippen LogP contribution is -2.54. The zero-order valence-corrected chi connectivity index (χ0v) is 19.0. The minimum Gasteiger partial charge on any atom is -0.494 e. The quantitative estimate of drug-likeness (QED) is 0.184. The van der Waals surface area contributed by atoms with Crippen molar-refractivity contribution in [3.63, 3.8) is 0 Å². The number of nitro benzene ring substituents is 1. The summed E-state index contributed by atoms with van der Waals surface area (Å²) >= 11 is 5.23. The van der Waals surface area contributed by atoms with Crippen LogP contribution in [-0.2, 0) is 9.59 Å². The van der Waals surface area contributed by atoms with Gasteiger partial charge in [-0.05, 0) is 62.0 Å². The molecule has 4 rings (SSSR count). The second-order valence-corrected chi connectivity index (χ2v) is 7.73. The summed E-state index contributed by atoms with van der Waals surface area (Å²) in [5, 5.41) is 13.6. The molecule has 1 aromatic heterocycles. The van der Waals surface area contributed by atoms with Gasteiger partial charge in [0.25, 0.3) is 17.5 Å². The number of thiocarbonyl (C=S) groups is 1. The smallest absolute Gasteiger partial charge is 0.270 e.